The zero-order valence-corrected chi connectivity index (χ0v) is 10.3. The molecule has 0 aliphatic carbocycles. The van der Waals surface area contributed by atoms with Crippen LogP contribution in [0.4, 0.5) is 13.2 Å². The second kappa shape index (κ2) is 4.61. The lowest BCUT2D eigenvalue weighted by Crippen LogP contribution is -2.11. The molecule has 4 heteroatoms. The Morgan fingerprint density at radius 3 is 2.17 bits per heavy atom. The number of fused-ring (bicyclic) bond motifs is 1. The lowest BCUT2D eigenvalue weighted by Gasteiger charge is -2.15. The first-order valence-electron chi connectivity index (χ1n) is 5.62. The largest absolute Gasteiger partial charge is 0.417 e. The van der Waals surface area contributed by atoms with Crippen LogP contribution in [0.3, 0.4) is 0 Å². The Balaban J connectivity index is 2.66. The van der Waals surface area contributed by atoms with Crippen molar-refractivity contribution < 1.29 is 13.2 Å². The highest BCUT2D eigenvalue weighted by molar-refractivity contribution is 5.89. The van der Waals surface area contributed by atoms with Gasteiger partial charge in [0.25, 0.3) is 0 Å². The zero-order chi connectivity index (χ0) is 13.3. The number of hydrogen-bond donors (Lipinski definition) is 0. The first-order chi connectivity index (χ1) is 8.39. The number of rotatable bonds is 2. The molecular formula is C14H14F3N. The summed E-state index contributed by atoms with van der Waals surface area (Å²) in [5, 5.41) is 0.936. The maximum Gasteiger partial charge on any atom is 0.417 e. The van der Waals surface area contributed by atoms with Crippen LogP contribution in [0, 0.1) is 0 Å². The van der Waals surface area contributed by atoms with E-state index >= 15 is 0 Å². The number of nitrogens with zero attached hydrogens (tertiary/aromatic N) is 1. The van der Waals surface area contributed by atoms with Gasteiger partial charge in [-0.25, -0.2) is 0 Å². The molecule has 0 aliphatic rings. The highest BCUT2D eigenvalue weighted by atomic mass is 19.4. The zero-order valence-electron chi connectivity index (χ0n) is 10.3. The maximum absolute atomic E-state index is 12.9. The van der Waals surface area contributed by atoms with Crippen LogP contribution in [0.25, 0.3) is 10.8 Å². The maximum atomic E-state index is 12.9. The SMILES string of the molecule is CN(C)Cc1cccc2c(C(F)(F)F)cccc12. The van der Waals surface area contributed by atoms with Gasteiger partial charge in [-0.15, -0.1) is 0 Å². The number of benzene rings is 2. The van der Waals surface area contributed by atoms with E-state index in [0.717, 1.165) is 11.6 Å². The Hall–Kier alpha value is -1.55. The molecule has 18 heavy (non-hydrogen) atoms. The van der Waals surface area contributed by atoms with Gasteiger partial charge in [0.15, 0.2) is 0 Å². The fourth-order valence-corrected chi connectivity index (χ4v) is 2.10. The van der Waals surface area contributed by atoms with Crippen molar-refractivity contribution in [1.82, 2.24) is 4.90 Å². The minimum Gasteiger partial charge on any atom is -0.305 e. The van der Waals surface area contributed by atoms with E-state index in [1.54, 1.807) is 12.1 Å². The lowest BCUT2D eigenvalue weighted by atomic mass is 9.99. The monoisotopic (exact) mass is 253 g/mol. The molecule has 0 unspecified atom stereocenters. The molecule has 2 rings (SSSR count). The van der Waals surface area contributed by atoms with E-state index in [4.69, 9.17) is 0 Å². The summed E-state index contributed by atoms with van der Waals surface area (Å²) in [6, 6.07) is 9.39. The van der Waals surface area contributed by atoms with Crippen molar-refractivity contribution in [3.05, 3.63) is 47.5 Å². The van der Waals surface area contributed by atoms with Gasteiger partial charge in [-0.05, 0) is 36.5 Å². The normalized spacial score (nSPS) is 12.3. The van der Waals surface area contributed by atoms with Crippen molar-refractivity contribution in [2.75, 3.05) is 14.1 Å². The molecular weight excluding hydrogens is 239 g/mol. The van der Waals surface area contributed by atoms with E-state index in [0.29, 0.717) is 11.9 Å². The van der Waals surface area contributed by atoms with Crippen molar-refractivity contribution in [2.45, 2.75) is 12.7 Å². The van der Waals surface area contributed by atoms with Crippen molar-refractivity contribution >= 4 is 10.8 Å². The minimum absolute atomic E-state index is 0.268. The molecule has 0 aromatic heterocycles. The van der Waals surface area contributed by atoms with Gasteiger partial charge in [0.05, 0.1) is 5.56 Å². The Bertz CT molecular complexity index is 558. The summed E-state index contributed by atoms with van der Waals surface area (Å²) in [6.45, 7) is 0.624. The summed E-state index contributed by atoms with van der Waals surface area (Å²) in [5.41, 5.74) is 0.337. The number of halogens is 3. The number of alkyl halides is 3. The van der Waals surface area contributed by atoms with Gasteiger partial charge < -0.3 is 4.90 Å². The predicted octanol–water partition coefficient (Wildman–Crippen LogP) is 3.92. The van der Waals surface area contributed by atoms with Gasteiger partial charge in [-0.2, -0.15) is 13.2 Å². The standard InChI is InChI=1S/C14H14F3N/c1-18(2)9-10-5-3-7-12-11(10)6-4-8-13(12)14(15,16)17/h3-8H,9H2,1-2H3. The summed E-state index contributed by atoms with van der Waals surface area (Å²) in [6.07, 6.45) is -4.31. The average molecular weight is 253 g/mol. The van der Waals surface area contributed by atoms with Crippen LogP contribution < -0.4 is 0 Å². The van der Waals surface area contributed by atoms with E-state index in [1.165, 1.54) is 12.1 Å². The second-order valence-electron chi connectivity index (χ2n) is 4.55. The van der Waals surface area contributed by atoms with Gasteiger partial charge in [0.2, 0.25) is 0 Å². The van der Waals surface area contributed by atoms with Crippen LogP contribution in [-0.2, 0) is 12.7 Å². The summed E-state index contributed by atoms with van der Waals surface area (Å²) >= 11 is 0. The third kappa shape index (κ3) is 2.48. The molecule has 0 saturated heterocycles. The van der Waals surface area contributed by atoms with Crippen LogP contribution in [-0.4, -0.2) is 19.0 Å². The molecule has 0 atom stereocenters. The highest BCUT2D eigenvalue weighted by Gasteiger charge is 2.32. The molecule has 0 N–H and O–H groups in total. The smallest absolute Gasteiger partial charge is 0.305 e. The molecule has 0 bridgehead atoms. The van der Waals surface area contributed by atoms with E-state index in [2.05, 4.69) is 0 Å². The molecule has 0 aliphatic heterocycles. The van der Waals surface area contributed by atoms with Gasteiger partial charge in [-0.3, -0.25) is 0 Å². The Labute approximate surface area is 104 Å². The Kier molecular flexibility index (Phi) is 3.30. The molecule has 1 nitrogen and oxygen atoms in total. The van der Waals surface area contributed by atoms with Crippen LogP contribution in [0.1, 0.15) is 11.1 Å². The van der Waals surface area contributed by atoms with Gasteiger partial charge in [-0.1, -0.05) is 30.3 Å². The second-order valence-corrected chi connectivity index (χ2v) is 4.55. The lowest BCUT2D eigenvalue weighted by molar-refractivity contribution is -0.136. The molecule has 0 heterocycles. The highest BCUT2D eigenvalue weighted by Crippen LogP contribution is 2.35. The summed E-state index contributed by atoms with van der Waals surface area (Å²) in [4.78, 5) is 1.94. The van der Waals surface area contributed by atoms with E-state index in [9.17, 15) is 13.2 Å². The van der Waals surface area contributed by atoms with Crippen LogP contribution in [0.15, 0.2) is 36.4 Å². The molecule has 0 saturated carbocycles. The van der Waals surface area contributed by atoms with E-state index in [-0.39, 0.29) is 5.39 Å². The fraction of sp³-hybridized carbons (Fsp3) is 0.286. The molecule has 0 amide bonds. The van der Waals surface area contributed by atoms with Gasteiger partial charge in [0.1, 0.15) is 0 Å². The van der Waals surface area contributed by atoms with Crippen molar-refractivity contribution in [3.8, 4) is 0 Å². The third-order valence-corrected chi connectivity index (χ3v) is 2.80. The minimum atomic E-state index is -4.31. The van der Waals surface area contributed by atoms with Gasteiger partial charge in [0, 0.05) is 6.54 Å². The molecule has 2 aromatic rings. The van der Waals surface area contributed by atoms with Crippen molar-refractivity contribution in [1.29, 1.82) is 0 Å². The first kappa shape index (κ1) is 12.9. The molecule has 0 fully saturated rings. The number of hydrogen-bond acceptors (Lipinski definition) is 1. The quantitative estimate of drug-likeness (QED) is 0.784. The predicted molar refractivity (Wildman–Crippen MR) is 66.3 cm³/mol. The molecule has 2 aromatic carbocycles. The first-order valence-corrected chi connectivity index (χ1v) is 5.62. The Morgan fingerprint density at radius 2 is 1.56 bits per heavy atom. The molecule has 96 valence electrons. The third-order valence-electron chi connectivity index (χ3n) is 2.80. The van der Waals surface area contributed by atoms with Crippen LogP contribution in [0.2, 0.25) is 0 Å². The average Bonchev–Trinajstić information content (AvgIpc) is 2.26. The Morgan fingerprint density at radius 1 is 0.944 bits per heavy atom. The van der Waals surface area contributed by atoms with Crippen molar-refractivity contribution in [3.63, 3.8) is 0 Å². The van der Waals surface area contributed by atoms with Crippen LogP contribution >= 0.6 is 0 Å². The van der Waals surface area contributed by atoms with E-state index in [1.807, 2.05) is 25.1 Å². The van der Waals surface area contributed by atoms with Crippen LogP contribution in [0.5, 0.6) is 0 Å². The topological polar surface area (TPSA) is 3.24 Å². The van der Waals surface area contributed by atoms with E-state index < -0.39 is 11.7 Å². The summed E-state index contributed by atoms with van der Waals surface area (Å²) in [5.74, 6) is 0. The fourth-order valence-electron chi connectivity index (χ4n) is 2.10. The van der Waals surface area contributed by atoms with Gasteiger partial charge >= 0.3 is 6.18 Å². The molecule has 0 spiro atoms. The summed E-state index contributed by atoms with van der Waals surface area (Å²) in [7, 11) is 3.79. The van der Waals surface area contributed by atoms with Crippen molar-refractivity contribution in [2.24, 2.45) is 0 Å². The summed E-state index contributed by atoms with van der Waals surface area (Å²) < 4.78 is 38.7. The molecule has 0 radical (unpaired) electrons.